The summed E-state index contributed by atoms with van der Waals surface area (Å²) in [6.07, 6.45) is 0.193. The highest BCUT2D eigenvalue weighted by Crippen LogP contribution is 2.31. The summed E-state index contributed by atoms with van der Waals surface area (Å²) in [6.45, 7) is 0.681. The molecule has 0 saturated carbocycles. The lowest BCUT2D eigenvalue weighted by Crippen LogP contribution is -2.32. The second kappa shape index (κ2) is 7.19. The van der Waals surface area contributed by atoms with E-state index >= 15 is 0 Å². The first-order valence-corrected chi connectivity index (χ1v) is 8.92. The normalized spacial score (nSPS) is 16.7. The van der Waals surface area contributed by atoms with Crippen molar-refractivity contribution in [3.05, 3.63) is 78.1 Å². The molecule has 1 heterocycles. The Bertz CT molecular complexity index is 995. The van der Waals surface area contributed by atoms with Crippen LogP contribution in [0.2, 0.25) is 0 Å². The molecule has 2 amide bonds. The number of rotatable bonds is 4. The number of hydrogen-bond acceptors (Lipinski definition) is 2. The van der Waals surface area contributed by atoms with Gasteiger partial charge in [0, 0.05) is 24.9 Å². The summed E-state index contributed by atoms with van der Waals surface area (Å²) in [5.41, 5.74) is 1.66. The molecular formula is C22H19FN2O2. The van der Waals surface area contributed by atoms with Crippen LogP contribution in [0.1, 0.15) is 12.0 Å². The summed E-state index contributed by atoms with van der Waals surface area (Å²) < 4.78 is 13.0. The topological polar surface area (TPSA) is 49.4 Å². The van der Waals surface area contributed by atoms with E-state index in [1.165, 1.54) is 12.1 Å². The van der Waals surface area contributed by atoms with Gasteiger partial charge in [0.1, 0.15) is 5.82 Å². The molecule has 3 aromatic rings. The quantitative estimate of drug-likeness (QED) is 0.770. The van der Waals surface area contributed by atoms with E-state index in [0.717, 1.165) is 22.0 Å². The maximum Gasteiger partial charge on any atom is 0.227 e. The SMILES string of the molecule is O=C(NCc1ccc(F)cc1)[C@H]1CC(=O)N(c2cccc3ccccc23)C1. The van der Waals surface area contributed by atoms with Crippen LogP contribution >= 0.6 is 0 Å². The van der Waals surface area contributed by atoms with Crippen molar-refractivity contribution in [2.75, 3.05) is 11.4 Å². The van der Waals surface area contributed by atoms with Gasteiger partial charge in [-0.25, -0.2) is 4.39 Å². The van der Waals surface area contributed by atoms with Crippen LogP contribution in [0.3, 0.4) is 0 Å². The van der Waals surface area contributed by atoms with E-state index in [1.807, 2.05) is 42.5 Å². The van der Waals surface area contributed by atoms with Crippen LogP contribution in [0.15, 0.2) is 66.7 Å². The molecule has 0 unspecified atom stereocenters. The van der Waals surface area contributed by atoms with Crippen molar-refractivity contribution >= 4 is 28.3 Å². The van der Waals surface area contributed by atoms with Crippen LogP contribution in [0.25, 0.3) is 10.8 Å². The van der Waals surface area contributed by atoms with Crippen molar-refractivity contribution in [3.8, 4) is 0 Å². The number of nitrogens with one attached hydrogen (secondary N) is 1. The molecule has 5 heteroatoms. The van der Waals surface area contributed by atoms with E-state index in [-0.39, 0.29) is 24.1 Å². The zero-order chi connectivity index (χ0) is 18.8. The number of nitrogens with zero attached hydrogens (tertiary/aromatic N) is 1. The molecule has 1 aliphatic rings. The molecule has 1 N–H and O–H groups in total. The molecule has 27 heavy (non-hydrogen) atoms. The maximum absolute atomic E-state index is 13.0. The first-order valence-electron chi connectivity index (χ1n) is 8.92. The number of benzene rings is 3. The largest absolute Gasteiger partial charge is 0.352 e. The van der Waals surface area contributed by atoms with E-state index in [2.05, 4.69) is 5.32 Å². The number of fused-ring (bicyclic) bond motifs is 1. The Morgan fingerprint density at radius 3 is 2.59 bits per heavy atom. The van der Waals surface area contributed by atoms with Gasteiger partial charge in [0.2, 0.25) is 11.8 Å². The smallest absolute Gasteiger partial charge is 0.227 e. The van der Waals surface area contributed by atoms with Crippen LogP contribution in [-0.4, -0.2) is 18.4 Å². The zero-order valence-electron chi connectivity index (χ0n) is 14.7. The van der Waals surface area contributed by atoms with Crippen molar-refractivity contribution in [2.24, 2.45) is 5.92 Å². The molecule has 1 atom stereocenters. The molecule has 3 aromatic carbocycles. The van der Waals surface area contributed by atoms with Crippen LogP contribution in [0.5, 0.6) is 0 Å². The monoisotopic (exact) mass is 362 g/mol. The first kappa shape index (κ1) is 17.2. The lowest BCUT2D eigenvalue weighted by Gasteiger charge is -2.19. The third-order valence-corrected chi connectivity index (χ3v) is 4.93. The van der Waals surface area contributed by atoms with Crippen molar-refractivity contribution in [3.63, 3.8) is 0 Å². The zero-order valence-corrected chi connectivity index (χ0v) is 14.7. The molecule has 4 nitrogen and oxygen atoms in total. The predicted octanol–water partition coefficient (Wildman–Crippen LogP) is 3.65. The average molecular weight is 362 g/mol. The fourth-order valence-corrected chi connectivity index (χ4v) is 3.50. The minimum absolute atomic E-state index is 0.0479. The van der Waals surface area contributed by atoms with Crippen LogP contribution in [0.4, 0.5) is 10.1 Å². The third kappa shape index (κ3) is 3.53. The summed E-state index contributed by atoms with van der Waals surface area (Å²) in [4.78, 5) is 26.8. The maximum atomic E-state index is 13.0. The number of amides is 2. The molecule has 0 aromatic heterocycles. The minimum Gasteiger partial charge on any atom is -0.352 e. The Labute approximate surface area is 156 Å². The van der Waals surface area contributed by atoms with Crippen LogP contribution in [0, 0.1) is 11.7 Å². The van der Waals surface area contributed by atoms with Gasteiger partial charge in [0.25, 0.3) is 0 Å². The molecule has 1 saturated heterocycles. The van der Waals surface area contributed by atoms with E-state index in [0.29, 0.717) is 13.1 Å². The molecule has 0 aliphatic carbocycles. The van der Waals surface area contributed by atoms with Gasteiger partial charge < -0.3 is 10.2 Å². The molecule has 0 radical (unpaired) electrons. The van der Waals surface area contributed by atoms with Crippen molar-refractivity contribution in [2.45, 2.75) is 13.0 Å². The minimum atomic E-state index is -0.392. The number of halogens is 1. The highest BCUT2D eigenvalue weighted by molar-refractivity contribution is 6.06. The Morgan fingerprint density at radius 1 is 1.04 bits per heavy atom. The Morgan fingerprint density at radius 2 is 1.78 bits per heavy atom. The average Bonchev–Trinajstić information content (AvgIpc) is 3.08. The molecule has 0 spiro atoms. The van der Waals surface area contributed by atoms with Crippen LogP contribution < -0.4 is 10.2 Å². The van der Waals surface area contributed by atoms with Gasteiger partial charge in [-0.2, -0.15) is 0 Å². The highest BCUT2D eigenvalue weighted by Gasteiger charge is 2.35. The van der Waals surface area contributed by atoms with Gasteiger partial charge in [0.15, 0.2) is 0 Å². The van der Waals surface area contributed by atoms with Crippen molar-refractivity contribution in [1.82, 2.24) is 5.32 Å². The van der Waals surface area contributed by atoms with E-state index in [1.54, 1.807) is 17.0 Å². The summed E-state index contributed by atoms with van der Waals surface area (Å²) in [6, 6.07) is 19.7. The van der Waals surface area contributed by atoms with Gasteiger partial charge in [-0.1, -0.05) is 48.5 Å². The number of anilines is 1. The van der Waals surface area contributed by atoms with Gasteiger partial charge in [-0.05, 0) is 29.1 Å². The first-order chi connectivity index (χ1) is 13.1. The Hall–Kier alpha value is -3.21. The molecule has 0 bridgehead atoms. The molecule has 1 aliphatic heterocycles. The van der Waals surface area contributed by atoms with Gasteiger partial charge in [-0.15, -0.1) is 0 Å². The summed E-state index contributed by atoms with van der Waals surface area (Å²) in [5, 5.41) is 4.91. The van der Waals surface area contributed by atoms with Crippen molar-refractivity contribution in [1.29, 1.82) is 0 Å². The molecular weight excluding hydrogens is 343 g/mol. The Kier molecular flexibility index (Phi) is 4.59. The molecule has 1 fully saturated rings. The fourth-order valence-electron chi connectivity index (χ4n) is 3.50. The highest BCUT2D eigenvalue weighted by atomic mass is 19.1. The lowest BCUT2D eigenvalue weighted by molar-refractivity contribution is -0.126. The third-order valence-electron chi connectivity index (χ3n) is 4.93. The van der Waals surface area contributed by atoms with E-state index < -0.39 is 5.92 Å². The number of carbonyl (C=O) groups excluding carboxylic acids is 2. The summed E-state index contributed by atoms with van der Waals surface area (Å²) in [5.74, 6) is -0.905. The second-order valence-electron chi connectivity index (χ2n) is 6.75. The van der Waals surface area contributed by atoms with Crippen molar-refractivity contribution < 1.29 is 14.0 Å². The molecule has 4 rings (SSSR count). The van der Waals surface area contributed by atoms with Gasteiger partial charge >= 0.3 is 0 Å². The van der Waals surface area contributed by atoms with Gasteiger partial charge in [0.05, 0.1) is 11.6 Å². The second-order valence-corrected chi connectivity index (χ2v) is 6.75. The fraction of sp³-hybridized carbons (Fsp3) is 0.182. The van der Waals surface area contributed by atoms with E-state index in [4.69, 9.17) is 0 Å². The summed E-state index contributed by atoms with van der Waals surface area (Å²) >= 11 is 0. The molecule has 136 valence electrons. The standard InChI is InChI=1S/C22H19FN2O2/c23-18-10-8-15(9-11-18)13-24-22(27)17-12-21(26)25(14-17)20-7-3-5-16-4-1-2-6-19(16)20/h1-11,17H,12-14H2,(H,24,27)/t17-/m0/s1. The Balaban J connectivity index is 1.47. The predicted molar refractivity (Wildman–Crippen MR) is 103 cm³/mol. The van der Waals surface area contributed by atoms with Crippen LogP contribution in [-0.2, 0) is 16.1 Å². The van der Waals surface area contributed by atoms with Gasteiger partial charge in [-0.3, -0.25) is 9.59 Å². The lowest BCUT2D eigenvalue weighted by atomic mass is 10.1. The number of hydrogen-bond donors (Lipinski definition) is 1. The van der Waals surface area contributed by atoms with E-state index in [9.17, 15) is 14.0 Å². The summed E-state index contributed by atoms with van der Waals surface area (Å²) in [7, 11) is 0. The number of carbonyl (C=O) groups is 2.